The average molecular weight is 217 g/mol. The zero-order chi connectivity index (χ0) is 11.5. The zero-order valence-corrected chi connectivity index (χ0v) is 9.44. The Morgan fingerprint density at radius 3 is 2.88 bits per heavy atom. The molecule has 0 radical (unpaired) electrons. The second kappa shape index (κ2) is 4.26. The number of aromatic hydroxyl groups is 1. The van der Waals surface area contributed by atoms with Crippen molar-refractivity contribution in [2.75, 3.05) is 5.32 Å². The minimum absolute atomic E-state index is 0.289. The fourth-order valence-electron chi connectivity index (χ4n) is 1.63. The lowest BCUT2D eigenvalue weighted by molar-refractivity contribution is 0.474. The van der Waals surface area contributed by atoms with Crippen molar-refractivity contribution in [3.8, 4) is 5.75 Å². The van der Waals surface area contributed by atoms with Crippen molar-refractivity contribution in [1.29, 1.82) is 0 Å². The van der Waals surface area contributed by atoms with E-state index >= 15 is 0 Å². The molecule has 1 aromatic carbocycles. The molecular formula is C12H15N3O. The number of phenolic OH excluding ortho intramolecular Hbond substituents is 1. The standard InChI is InChI=1S/C12H15N3O/c1-9-8-15(2)14-12(9)13-7-10-4-3-5-11(16)6-10/h3-6,8,16H,7H2,1-2H3,(H,13,14). The molecule has 2 N–H and O–H groups in total. The maximum atomic E-state index is 9.32. The number of nitrogens with zero attached hydrogens (tertiary/aromatic N) is 2. The molecule has 0 bridgehead atoms. The first-order valence-electron chi connectivity index (χ1n) is 5.17. The van der Waals surface area contributed by atoms with Gasteiger partial charge in [0.05, 0.1) is 0 Å². The van der Waals surface area contributed by atoms with Crippen molar-refractivity contribution in [2.24, 2.45) is 7.05 Å². The Balaban J connectivity index is 2.05. The van der Waals surface area contributed by atoms with E-state index in [1.165, 1.54) is 0 Å². The van der Waals surface area contributed by atoms with Crippen LogP contribution < -0.4 is 5.32 Å². The average Bonchev–Trinajstić information content (AvgIpc) is 2.54. The van der Waals surface area contributed by atoms with E-state index in [2.05, 4.69) is 10.4 Å². The number of nitrogens with one attached hydrogen (secondary N) is 1. The van der Waals surface area contributed by atoms with E-state index in [4.69, 9.17) is 0 Å². The molecule has 2 aromatic rings. The lowest BCUT2D eigenvalue weighted by atomic mass is 10.2. The molecule has 0 aliphatic carbocycles. The van der Waals surface area contributed by atoms with E-state index < -0.39 is 0 Å². The lowest BCUT2D eigenvalue weighted by Crippen LogP contribution is -2.01. The Morgan fingerprint density at radius 2 is 2.25 bits per heavy atom. The van der Waals surface area contributed by atoms with Crippen LogP contribution in [-0.2, 0) is 13.6 Å². The van der Waals surface area contributed by atoms with Crippen LogP contribution in [-0.4, -0.2) is 14.9 Å². The summed E-state index contributed by atoms with van der Waals surface area (Å²) in [5.74, 6) is 1.17. The summed E-state index contributed by atoms with van der Waals surface area (Å²) in [5.41, 5.74) is 2.15. The Labute approximate surface area is 94.5 Å². The van der Waals surface area contributed by atoms with Crippen LogP contribution in [0.1, 0.15) is 11.1 Å². The fourth-order valence-corrected chi connectivity index (χ4v) is 1.63. The Morgan fingerprint density at radius 1 is 1.44 bits per heavy atom. The topological polar surface area (TPSA) is 50.1 Å². The van der Waals surface area contributed by atoms with Crippen LogP contribution in [0.25, 0.3) is 0 Å². The molecule has 4 nitrogen and oxygen atoms in total. The third-order valence-electron chi connectivity index (χ3n) is 2.38. The molecule has 1 aromatic heterocycles. The summed E-state index contributed by atoms with van der Waals surface area (Å²) in [4.78, 5) is 0. The number of benzene rings is 1. The largest absolute Gasteiger partial charge is 0.508 e. The highest BCUT2D eigenvalue weighted by Gasteiger charge is 2.02. The molecule has 84 valence electrons. The summed E-state index contributed by atoms with van der Waals surface area (Å²) in [6, 6.07) is 7.20. The first-order valence-corrected chi connectivity index (χ1v) is 5.17. The first-order chi connectivity index (χ1) is 7.65. The van der Waals surface area contributed by atoms with Gasteiger partial charge in [0.15, 0.2) is 5.82 Å². The van der Waals surface area contributed by atoms with Crippen LogP contribution in [0.4, 0.5) is 5.82 Å². The molecule has 0 amide bonds. The molecule has 0 saturated carbocycles. The van der Waals surface area contributed by atoms with Gasteiger partial charge in [-0.3, -0.25) is 4.68 Å². The molecule has 16 heavy (non-hydrogen) atoms. The van der Waals surface area contributed by atoms with Crippen molar-refractivity contribution in [3.63, 3.8) is 0 Å². The molecule has 4 heteroatoms. The van der Waals surface area contributed by atoms with E-state index in [-0.39, 0.29) is 5.75 Å². The van der Waals surface area contributed by atoms with Gasteiger partial charge in [0.25, 0.3) is 0 Å². The van der Waals surface area contributed by atoms with Crippen LogP contribution in [0.2, 0.25) is 0 Å². The fraction of sp³-hybridized carbons (Fsp3) is 0.250. The van der Waals surface area contributed by atoms with Gasteiger partial charge in [0.2, 0.25) is 0 Å². The molecule has 2 rings (SSSR count). The van der Waals surface area contributed by atoms with Crippen molar-refractivity contribution >= 4 is 5.82 Å². The number of hydrogen-bond acceptors (Lipinski definition) is 3. The number of anilines is 1. The van der Waals surface area contributed by atoms with Gasteiger partial charge < -0.3 is 10.4 Å². The Kier molecular flexibility index (Phi) is 2.81. The zero-order valence-electron chi connectivity index (χ0n) is 9.44. The van der Waals surface area contributed by atoms with Gasteiger partial charge in [-0.1, -0.05) is 12.1 Å². The third-order valence-corrected chi connectivity index (χ3v) is 2.38. The van der Waals surface area contributed by atoms with Crippen LogP contribution in [0.15, 0.2) is 30.5 Å². The maximum Gasteiger partial charge on any atom is 0.151 e. The molecule has 0 fully saturated rings. The summed E-state index contributed by atoms with van der Waals surface area (Å²) >= 11 is 0. The predicted octanol–water partition coefficient (Wildman–Crippen LogP) is 2.05. The summed E-state index contributed by atoms with van der Waals surface area (Å²) in [5, 5.41) is 16.8. The van der Waals surface area contributed by atoms with E-state index in [0.29, 0.717) is 6.54 Å². The molecule has 0 saturated heterocycles. The SMILES string of the molecule is Cc1cn(C)nc1NCc1cccc(O)c1. The second-order valence-corrected chi connectivity index (χ2v) is 3.86. The van der Waals surface area contributed by atoms with Gasteiger partial charge >= 0.3 is 0 Å². The van der Waals surface area contributed by atoms with Crippen LogP contribution in [0.5, 0.6) is 5.75 Å². The van der Waals surface area contributed by atoms with Crippen LogP contribution in [0, 0.1) is 6.92 Å². The highest BCUT2D eigenvalue weighted by Crippen LogP contribution is 2.14. The van der Waals surface area contributed by atoms with E-state index in [1.54, 1.807) is 16.8 Å². The molecule has 0 aliphatic rings. The van der Waals surface area contributed by atoms with Crippen LogP contribution in [0.3, 0.4) is 0 Å². The van der Waals surface area contributed by atoms with Gasteiger partial charge in [-0.05, 0) is 24.6 Å². The van der Waals surface area contributed by atoms with Crippen molar-refractivity contribution < 1.29 is 5.11 Å². The number of rotatable bonds is 3. The van der Waals surface area contributed by atoms with Gasteiger partial charge in [0.1, 0.15) is 5.75 Å². The number of hydrogen-bond donors (Lipinski definition) is 2. The minimum Gasteiger partial charge on any atom is -0.508 e. The highest BCUT2D eigenvalue weighted by molar-refractivity contribution is 5.42. The number of aryl methyl sites for hydroxylation is 2. The van der Waals surface area contributed by atoms with Crippen LogP contribution >= 0.6 is 0 Å². The summed E-state index contributed by atoms with van der Waals surface area (Å²) < 4.78 is 1.78. The minimum atomic E-state index is 0.289. The summed E-state index contributed by atoms with van der Waals surface area (Å²) in [6.45, 7) is 2.67. The molecule has 0 atom stereocenters. The normalized spacial score (nSPS) is 10.4. The number of phenols is 1. The predicted molar refractivity (Wildman–Crippen MR) is 63.4 cm³/mol. The third kappa shape index (κ3) is 2.34. The molecular weight excluding hydrogens is 202 g/mol. The Bertz CT molecular complexity index is 491. The maximum absolute atomic E-state index is 9.32. The summed E-state index contributed by atoms with van der Waals surface area (Å²) in [6.07, 6.45) is 1.96. The van der Waals surface area contributed by atoms with Crippen molar-refractivity contribution in [1.82, 2.24) is 9.78 Å². The first kappa shape index (κ1) is 10.5. The van der Waals surface area contributed by atoms with Crippen molar-refractivity contribution in [2.45, 2.75) is 13.5 Å². The second-order valence-electron chi connectivity index (χ2n) is 3.86. The highest BCUT2D eigenvalue weighted by atomic mass is 16.3. The Hall–Kier alpha value is -1.97. The van der Waals surface area contributed by atoms with Gasteiger partial charge in [0, 0.05) is 25.4 Å². The van der Waals surface area contributed by atoms with Crippen molar-refractivity contribution in [3.05, 3.63) is 41.6 Å². The van der Waals surface area contributed by atoms with Gasteiger partial charge in [-0.25, -0.2) is 0 Å². The molecule has 1 heterocycles. The molecule has 0 unspecified atom stereocenters. The lowest BCUT2D eigenvalue weighted by Gasteiger charge is -2.04. The number of aromatic nitrogens is 2. The van der Waals surface area contributed by atoms with Gasteiger partial charge in [-0.2, -0.15) is 5.10 Å². The molecule has 0 aliphatic heterocycles. The quantitative estimate of drug-likeness (QED) is 0.827. The van der Waals surface area contributed by atoms with Gasteiger partial charge in [-0.15, -0.1) is 0 Å². The van der Waals surface area contributed by atoms with E-state index in [1.807, 2.05) is 32.3 Å². The van der Waals surface area contributed by atoms with E-state index in [9.17, 15) is 5.11 Å². The smallest absolute Gasteiger partial charge is 0.151 e. The summed E-state index contributed by atoms with van der Waals surface area (Å²) in [7, 11) is 1.90. The molecule has 0 spiro atoms. The van der Waals surface area contributed by atoms with E-state index in [0.717, 1.165) is 16.9 Å². The monoisotopic (exact) mass is 217 g/mol.